The van der Waals surface area contributed by atoms with Crippen LogP contribution in [-0.2, 0) is 20.4 Å². The third-order valence-electron chi connectivity index (χ3n) is 3.71. The molecule has 0 unspecified atom stereocenters. The summed E-state index contributed by atoms with van der Waals surface area (Å²) in [5.41, 5.74) is 1.07. The van der Waals surface area contributed by atoms with Gasteiger partial charge in [-0.05, 0) is 37.1 Å². The van der Waals surface area contributed by atoms with E-state index >= 15 is 0 Å². The Morgan fingerprint density at radius 2 is 1.66 bits per heavy atom. The van der Waals surface area contributed by atoms with Crippen LogP contribution in [0.3, 0.4) is 0 Å². The summed E-state index contributed by atoms with van der Waals surface area (Å²) in [7, 11) is 7.58. The molecule has 6 nitrogen and oxygen atoms in total. The third-order valence-corrected chi connectivity index (χ3v) is 5.37. The molecule has 0 bridgehead atoms. The van der Waals surface area contributed by atoms with Gasteiger partial charge in [-0.3, -0.25) is 4.98 Å². The largest absolute Gasteiger partial charge is 0.265 e. The molecule has 2 heterocycles. The van der Waals surface area contributed by atoms with Gasteiger partial charge in [0.25, 0.3) is 0 Å². The van der Waals surface area contributed by atoms with Gasteiger partial charge in [0, 0.05) is 50.2 Å². The summed E-state index contributed by atoms with van der Waals surface area (Å²) in [5, 5.41) is 0. The van der Waals surface area contributed by atoms with Gasteiger partial charge in [0.1, 0.15) is 0 Å². The minimum atomic E-state index is -3.39. The number of pyridine rings is 1. The fraction of sp³-hybridized carbons (Fsp3) is 0.263. The zero-order valence-corrected chi connectivity index (χ0v) is 20.0. The number of halogens is 2. The van der Waals surface area contributed by atoms with Crippen molar-refractivity contribution in [1.29, 1.82) is 0 Å². The number of benzene rings is 1. The number of hydrogen-bond donors (Lipinski definition) is 2. The molecule has 0 aliphatic carbocycles. The van der Waals surface area contributed by atoms with Crippen molar-refractivity contribution in [1.82, 2.24) is 9.88 Å². The van der Waals surface area contributed by atoms with Gasteiger partial charge in [-0.1, -0.05) is 24.3 Å². The molecular weight excluding hydrogens is 524 g/mol. The predicted molar refractivity (Wildman–Crippen MR) is 115 cm³/mol. The van der Waals surface area contributed by atoms with E-state index in [1.165, 1.54) is 7.11 Å². The summed E-state index contributed by atoms with van der Waals surface area (Å²) in [6.45, 7) is 4.03. The number of para-hydroxylation sites is 1. The molecule has 3 rings (SSSR count). The van der Waals surface area contributed by atoms with Crippen LogP contribution in [0.15, 0.2) is 73.3 Å². The summed E-state index contributed by atoms with van der Waals surface area (Å²) in [6.07, 6.45) is 9.01. The first-order chi connectivity index (χ1) is 14.0. The monoisotopic (exact) mass is 547 g/mol. The molecule has 29 heavy (non-hydrogen) atoms. The average Bonchev–Trinajstić information content (AvgIpc) is 3.23. The Morgan fingerprint density at radius 3 is 2.17 bits per heavy atom. The van der Waals surface area contributed by atoms with Crippen molar-refractivity contribution < 1.29 is 30.0 Å². The molecule has 162 valence electrons. The minimum absolute atomic E-state index is 0.106. The molecule has 0 spiro atoms. The smallest absolute Gasteiger partial charge is 0.0267 e. The second kappa shape index (κ2) is 15.8. The van der Waals surface area contributed by atoms with Gasteiger partial charge in [-0.15, -0.1) is 0 Å². The van der Waals surface area contributed by atoms with Crippen LogP contribution in [0.2, 0.25) is 6.04 Å². The van der Waals surface area contributed by atoms with Crippen LogP contribution >= 0.6 is 19.1 Å². The fourth-order valence-corrected chi connectivity index (χ4v) is 3.18. The molecule has 0 fully saturated rings. The Kier molecular flexibility index (Phi) is 14.2. The fourth-order valence-electron chi connectivity index (χ4n) is 2.26. The Bertz CT molecular complexity index is 646. The zero-order chi connectivity index (χ0) is 21.4. The average molecular weight is 549 g/mol. The summed E-state index contributed by atoms with van der Waals surface area (Å²) >= 11 is -0.106. The van der Waals surface area contributed by atoms with Crippen molar-refractivity contribution in [2.45, 2.75) is 18.9 Å². The Balaban J connectivity index is 0.000000387. The summed E-state index contributed by atoms with van der Waals surface area (Å²) in [4.78, 5) is 26.5. The van der Waals surface area contributed by atoms with Crippen LogP contribution in [0, 0.1) is 6.67 Å². The molecule has 1 aliphatic rings. The topological polar surface area (TPSA) is 69.1 Å². The van der Waals surface area contributed by atoms with Crippen LogP contribution in [0.25, 0.3) is 0 Å². The molecule has 2 radical (unpaired) electrons. The van der Waals surface area contributed by atoms with Gasteiger partial charge in [0.05, 0.1) is 0 Å². The van der Waals surface area contributed by atoms with Crippen LogP contribution in [0.5, 0.6) is 0 Å². The first kappa shape index (κ1) is 26.1. The van der Waals surface area contributed by atoms with Gasteiger partial charge in [-0.25, -0.2) is 0 Å². The van der Waals surface area contributed by atoms with Crippen molar-refractivity contribution >= 4 is 33.5 Å². The maximum atomic E-state index is 9.43. The van der Waals surface area contributed by atoms with E-state index in [9.17, 15) is 9.59 Å². The van der Waals surface area contributed by atoms with Gasteiger partial charge in [0.2, 0.25) is 6.67 Å². The van der Waals surface area contributed by atoms with Crippen LogP contribution in [-0.4, -0.2) is 41.9 Å². The number of nitrogens with zero attached hydrogens (tertiary/aromatic N) is 3. The molecule has 10 heteroatoms. The number of anilines is 1. The normalized spacial score (nSPS) is 12.9. The van der Waals surface area contributed by atoms with E-state index in [1.807, 2.05) is 70.7 Å². The molecular formula is C19H25Cl2N3O3PdSi. The number of aromatic nitrogens is 1. The second-order valence-electron chi connectivity index (χ2n) is 5.77. The Morgan fingerprint density at radius 1 is 1.03 bits per heavy atom. The van der Waals surface area contributed by atoms with E-state index in [1.54, 1.807) is 12.4 Å². The summed E-state index contributed by atoms with van der Waals surface area (Å²) < 4.78 is 4.68. The molecule has 1 aliphatic heterocycles. The van der Waals surface area contributed by atoms with Crippen molar-refractivity contribution in [3.63, 3.8) is 0 Å². The van der Waals surface area contributed by atoms with Crippen LogP contribution in [0.1, 0.15) is 12.8 Å². The van der Waals surface area contributed by atoms with Crippen molar-refractivity contribution in [2.75, 3.05) is 18.6 Å². The first-order valence-electron chi connectivity index (χ1n) is 8.75. The van der Waals surface area contributed by atoms with E-state index in [2.05, 4.69) is 16.1 Å². The first-order valence-corrected chi connectivity index (χ1v) is 14.8. The molecule has 1 aromatic carbocycles. The van der Waals surface area contributed by atoms with E-state index in [0.717, 1.165) is 25.1 Å². The van der Waals surface area contributed by atoms with Crippen molar-refractivity contribution in [3.8, 4) is 0 Å². The maximum absolute atomic E-state index is 9.43. The molecule has 0 amide bonds. The van der Waals surface area contributed by atoms with E-state index in [-0.39, 0.29) is 15.9 Å². The van der Waals surface area contributed by atoms with E-state index < -0.39 is 8.80 Å². The SMILES string of the molecule is CO[Si](O)(O)CCCCN1[C]N(c2ccccc2)C=C1.[Cl][Pd][Cl].c1ccncc1. The van der Waals surface area contributed by atoms with Crippen molar-refractivity contribution in [2.24, 2.45) is 0 Å². The predicted octanol–water partition coefficient (Wildman–Crippen LogP) is 4.08. The molecule has 0 saturated carbocycles. The molecule has 1 aromatic heterocycles. The zero-order valence-electron chi connectivity index (χ0n) is 16.0. The molecule has 2 N–H and O–H groups in total. The van der Waals surface area contributed by atoms with E-state index in [0.29, 0.717) is 6.04 Å². The molecule has 0 saturated heterocycles. The second-order valence-corrected chi connectivity index (χ2v) is 10.5. The van der Waals surface area contributed by atoms with Crippen LogP contribution in [0.4, 0.5) is 5.69 Å². The van der Waals surface area contributed by atoms with Crippen molar-refractivity contribution in [3.05, 3.63) is 80.0 Å². The number of hydrogen-bond acceptors (Lipinski definition) is 6. The standard InChI is InChI=1S/C14H20N2O3Si.C5H5N.2ClH.Pd/c1-19-20(17,18)12-6-5-9-15-10-11-16(13-15)14-7-3-2-4-8-14;1-2-4-6-5-3-1;;;/h2-4,7-8,10-11,17-18H,5-6,9,12H2,1H3;1-5H;2*1H;/q;;;;+2/p-2. The molecule has 2 aromatic rings. The maximum Gasteiger partial charge on any atom is 0.0267 e. The minimum Gasteiger partial charge on any atom is -0.265 e. The quantitative estimate of drug-likeness (QED) is 0.401. The third kappa shape index (κ3) is 12.4. The van der Waals surface area contributed by atoms with Gasteiger partial charge in [-0.2, -0.15) is 0 Å². The van der Waals surface area contributed by atoms with Crippen LogP contribution < -0.4 is 4.90 Å². The van der Waals surface area contributed by atoms with Gasteiger partial charge < -0.3 is 23.8 Å². The van der Waals surface area contributed by atoms with Gasteiger partial charge in [0.15, 0.2) is 0 Å². The summed E-state index contributed by atoms with van der Waals surface area (Å²) in [6, 6.07) is 16.1. The Hall–Kier alpha value is -0.951. The van der Waals surface area contributed by atoms with Gasteiger partial charge >= 0.3 is 43.8 Å². The van der Waals surface area contributed by atoms with E-state index in [4.69, 9.17) is 19.1 Å². The summed E-state index contributed by atoms with van der Waals surface area (Å²) in [5.74, 6) is 0. The Labute approximate surface area is 190 Å². The number of rotatable bonds is 7. The number of unbranched alkanes of at least 4 members (excludes halogenated alkanes) is 1. The molecule has 0 atom stereocenters.